The number of nitrogens with zero attached hydrogens (tertiary/aromatic N) is 3. The van der Waals surface area contributed by atoms with E-state index in [0.29, 0.717) is 23.1 Å². The van der Waals surface area contributed by atoms with Gasteiger partial charge in [0.15, 0.2) is 5.82 Å². The van der Waals surface area contributed by atoms with Gasteiger partial charge in [0, 0.05) is 35.3 Å². The maximum absolute atomic E-state index is 13.4. The van der Waals surface area contributed by atoms with Crippen LogP contribution < -0.4 is 5.32 Å². The summed E-state index contributed by atoms with van der Waals surface area (Å²) < 4.78 is 26.8. The van der Waals surface area contributed by atoms with Crippen LogP contribution in [-0.4, -0.2) is 46.3 Å². The number of fused-ring (bicyclic) bond motifs is 1. The Morgan fingerprint density at radius 2 is 2.08 bits per heavy atom. The number of hydrogen-bond acceptors (Lipinski definition) is 4. The minimum Gasteiger partial charge on any atom is -0.363 e. The lowest BCUT2D eigenvalue weighted by molar-refractivity contribution is 0.152. The number of benzene rings is 1. The van der Waals surface area contributed by atoms with Crippen LogP contribution in [0, 0.1) is 0 Å². The minimum absolute atomic E-state index is 0.0288. The van der Waals surface area contributed by atoms with E-state index in [0.717, 1.165) is 36.8 Å². The fourth-order valence-corrected chi connectivity index (χ4v) is 3.65. The first-order valence-electron chi connectivity index (χ1n) is 8.80. The van der Waals surface area contributed by atoms with Gasteiger partial charge in [0.2, 0.25) is 0 Å². The highest BCUT2D eigenvalue weighted by atomic mass is 19.3. The van der Waals surface area contributed by atoms with Crippen molar-refractivity contribution < 1.29 is 8.78 Å². The molecule has 136 valence electrons. The third kappa shape index (κ3) is 3.14. The maximum Gasteiger partial charge on any atom is 0.264 e. The second-order valence-corrected chi connectivity index (χ2v) is 6.80. The smallest absolute Gasteiger partial charge is 0.264 e. The molecular formula is C19H21F2N5. The fraction of sp³-hybridized carbons (Fsp3) is 0.368. The van der Waals surface area contributed by atoms with Crippen molar-refractivity contribution in [1.82, 2.24) is 20.1 Å². The molecule has 7 heteroatoms. The van der Waals surface area contributed by atoms with Crippen molar-refractivity contribution in [2.75, 3.05) is 25.5 Å². The number of likely N-dealkylation sites (N-methyl/N-ethyl adjacent to an activating group) is 1. The molecule has 1 fully saturated rings. The lowest BCUT2D eigenvalue weighted by Crippen LogP contribution is -2.40. The summed E-state index contributed by atoms with van der Waals surface area (Å²) in [6.07, 6.45) is 1.44. The van der Waals surface area contributed by atoms with Gasteiger partial charge in [-0.25, -0.2) is 8.78 Å². The number of aromatic nitrogens is 3. The predicted octanol–water partition coefficient (Wildman–Crippen LogP) is 4.07. The van der Waals surface area contributed by atoms with Crippen LogP contribution in [0.25, 0.3) is 22.2 Å². The predicted molar refractivity (Wildman–Crippen MR) is 98.4 cm³/mol. The first kappa shape index (κ1) is 16.9. The van der Waals surface area contributed by atoms with Gasteiger partial charge in [-0.05, 0) is 32.5 Å². The van der Waals surface area contributed by atoms with Gasteiger partial charge in [0.05, 0.1) is 5.52 Å². The van der Waals surface area contributed by atoms with Gasteiger partial charge in [0.25, 0.3) is 6.43 Å². The topological polar surface area (TPSA) is 56.8 Å². The first-order valence-corrected chi connectivity index (χ1v) is 8.80. The molecule has 3 heterocycles. The van der Waals surface area contributed by atoms with E-state index in [1.165, 1.54) is 6.07 Å². The first-order chi connectivity index (χ1) is 12.6. The highest BCUT2D eigenvalue weighted by Crippen LogP contribution is 2.35. The molecule has 0 aliphatic carbocycles. The quantitative estimate of drug-likeness (QED) is 0.739. The van der Waals surface area contributed by atoms with Gasteiger partial charge in [-0.15, -0.1) is 10.2 Å². The second-order valence-electron chi connectivity index (χ2n) is 6.80. The highest BCUT2D eigenvalue weighted by Gasteiger charge is 2.21. The molecule has 1 aromatic carbocycles. The van der Waals surface area contributed by atoms with E-state index in [4.69, 9.17) is 0 Å². The monoisotopic (exact) mass is 357 g/mol. The number of hydrogen-bond donors (Lipinski definition) is 2. The van der Waals surface area contributed by atoms with Gasteiger partial charge < -0.3 is 15.2 Å². The number of aromatic amines is 1. The van der Waals surface area contributed by atoms with E-state index >= 15 is 0 Å². The zero-order chi connectivity index (χ0) is 18.1. The van der Waals surface area contributed by atoms with Crippen molar-refractivity contribution in [3.8, 4) is 11.3 Å². The molecule has 3 aromatic rings. The van der Waals surface area contributed by atoms with E-state index in [2.05, 4.69) is 32.4 Å². The summed E-state index contributed by atoms with van der Waals surface area (Å²) in [5.74, 6) is 0.670. The number of alkyl halides is 2. The molecule has 0 amide bonds. The molecule has 0 saturated carbocycles. The molecule has 2 aromatic heterocycles. The fourth-order valence-electron chi connectivity index (χ4n) is 3.65. The number of piperidine rings is 1. The summed E-state index contributed by atoms with van der Waals surface area (Å²) in [6.45, 7) is 2.05. The zero-order valence-electron chi connectivity index (χ0n) is 14.5. The SMILES string of the molecule is CN1CCC[C@@H](Nc2nnc(-c3ccccc3C(F)F)c3cc[nH]c23)C1. The number of likely N-dealkylation sites (tertiary alicyclic amines) is 1. The van der Waals surface area contributed by atoms with Crippen LogP contribution in [0.2, 0.25) is 0 Å². The molecular weight excluding hydrogens is 336 g/mol. The zero-order valence-corrected chi connectivity index (χ0v) is 14.5. The van der Waals surface area contributed by atoms with Crippen molar-refractivity contribution in [2.24, 2.45) is 0 Å². The van der Waals surface area contributed by atoms with Crippen molar-refractivity contribution in [3.05, 3.63) is 42.1 Å². The van der Waals surface area contributed by atoms with Crippen LogP contribution in [0.3, 0.4) is 0 Å². The normalized spacial score (nSPS) is 18.5. The summed E-state index contributed by atoms with van der Waals surface area (Å²) in [6, 6.07) is 8.62. The Bertz CT molecular complexity index is 908. The Morgan fingerprint density at radius 1 is 1.23 bits per heavy atom. The summed E-state index contributed by atoms with van der Waals surface area (Å²) >= 11 is 0. The number of H-pyrrole nitrogens is 1. The Morgan fingerprint density at radius 3 is 2.88 bits per heavy atom. The summed E-state index contributed by atoms with van der Waals surface area (Å²) in [5, 5.41) is 12.9. The molecule has 1 aliphatic heterocycles. The molecule has 1 aliphatic rings. The van der Waals surface area contributed by atoms with Crippen LogP contribution in [0.1, 0.15) is 24.8 Å². The third-order valence-corrected chi connectivity index (χ3v) is 4.91. The molecule has 0 bridgehead atoms. The molecule has 4 rings (SSSR count). The summed E-state index contributed by atoms with van der Waals surface area (Å²) in [7, 11) is 2.11. The molecule has 2 N–H and O–H groups in total. The average molecular weight is 357 g/mol. The van der Waals surface area contributed by atoms with Crippen LogP contribution in [0.5, 0.6) is 0 Å². The minimum atomic E-state index is -2.56. The van der Waals surface area contributed by atoms with Crippen molar-refractivity contribution in [1.29, 1.82) is 0 Å². The Kier molecular flexibility index (Phi) is 4.55. The number of anilines is 1. The lowest BCUT2D eigenvalue weighted by atomic mass is 10.0. The standard InChI is InChI=1S/C19H21F2N5/c1-26-10-4-5-12(11-26)23-19-17-15(8-9-22-17)16(24-25-19)13-6-2-3-7-14(13)18(20)21/h2-3,6-9,12,18,22H,4-5,10-11H2,1H3,(H,23,25)/t12-/m1/s1. The van der Waals surface area contributed by atoms with Crippen LogP contribution in [-0.2, 0) is 0 Å². The van der Waals surface area contributed by atoms with E-state index in [9.17, 15) is 8.78 Å². The van der Waals surface area contributed by atoms with E-state index in [-0.39, 0.29) is 5.56 Å². The second kappa shape index (κ2) is 6.99. The molecule has 5 nitrogen and oxygen atoms in total. The van der Waals surface area contributed by atoms with E-state index in [1.807, 2.05) is 6.07 Å². The molecule has 0 unspecified atom stereocenters. The largest absolute Gasteiger partial charge is 0.363 e. The molecule has 0 radical (unpaired) electrons. The van der Waals surface area contributed by atoms with Gasteiger partial charge in [-0.1, -0.05) is 24.3 Å². The average Bonchev–Trinajstić information content (AvgIpc) is 3.12. The van der Waals surface area contributed by atoms with Crippen molar-refractivity contribution >= 4 is 16.7 Å². The van der Waals surface area contributed by atoms with Crippen molar-refractivity contribution in [3.63, 3.8) is 0 Å². The molecule has 1 saturated heterocycles. The van der Waals surface area contributed by atoms with Crippen molar-refractivity contribution in [2.45, 2.75) is 25.3 Å². The Balaban J connectivity index is 1.73. The molecule has 1 atom stereocenters. The lowest BCUT2D eigenvalue weighted by Gasteiger charge is -2.30. The number of rotatable bonds is 4. The van der Waals surface area contributed by atoms with Crippen LogP contribution >= 0.6 is 0 Å². The van der Waals surface area contributed by atoms with Gasteiger partial charge in [-0.2, -0.15) is 0 Å². The van der Waals surface area contributed by atoms with E-state index < -0.39 is 6.43 Å². The Hall–Kier alpha value is -2.54. The third-order valence-electron chi connectivity index (χ3n) is 4.91. The van der Waals surface area contributed by atoms with Gasteiger partial charge in [0.1, 0.15) is 5.69 Å². The number of nitrogens with one attached hydrogen (secondary N) is 2. The molecule has 26 heavy (non-hydrogen) atoms. The van der Waals surface area contributed by atoms with Crippen LogP contribution in [0.4, 0.5) is 14.6 Å². The van der Waals surface area contributed by atoms with Gasteiger partial charge in [-0.3, -0.25) is 0 Å². The molecule has 0 spiro atoms. The van der Waals surface area contributed by atoms with E-state index in [1.54, 1.807) is 24.4 Å². The number of halogens is 2. The Labute approximate surface area is 150 Å². The van der Waals surface area contributed by atoms with Crippen LogP contribution in [0.15, 0.2) is 36.5 Å². The summed E-state index contributed by atoms with van der Waals surface area (Å²) in [4.78, 5) is 5.47. The van der Waals surface area contributed by atoms with Gasteiger partial charge >= 0.3 is 0 Å². The summed E-state index contributed by atoms with van der Waals surface area (Å²) in [5.41, 5.74) is 1.67. The highest BCUT2D eigenvalue weighted by molar-refractivity contribution is 5.98. The maximum atomic E-state index is 13.4.